The van der Waals surface area contributed by atoms with Crippen molar-refractivity contribution in [2.45, 2.75) is 6.92 Å². The highest BCUT2D eigenvalue weighted by atomic mass is 15.0. The zero-order chi connectivity index (χ0) is 9.80. The maximum absolute atomic E-state index is 4.23. The monoisotopic (exact) mass is 185 g/mol. The third-order valence-corrected chi connectivity index (χ3v) is 1.84. The molecular formula is C11H11N3. The molecule has 1 heterocycles. The maximum Gasteiger partial charge on any atom is 0.170 e. The molecule has 0 bridgehead atoms. The molecule has 2 aromatic rings. The van der Waals surface area contributed by atoms with Crippen LogP contribution in [0, 0.1) is 6.92 Å². The van der Waals surface area contributed by atoms with Crippen LogP contribution < -0.4 is 0 Å². The first-order valence-electron chi connectivity index (χ1n) is 4.46. The Hall–Kier alpha value is -1.90. The number of H-pyrrole nitrogens is 1. The van der Waals surface area contributed by atoms with Gasteiger partial charge in [0.1, 0.15) is 5.82 Å². The van der Waals surface area contributed by atoms with E-state index in [2.05, 4.69) is 15.0 Å². The summed E-state index contributed by atoms with van der Waals surface area (Å²) in [5.41, 5.74) is 1.08. The second-order valence-corrected chi connectivity index (χ2v) is 3.01. The average Bonchev–Trinajstić information content (AvgIpc) is 2.63. The predicted octanol–water partition coefficient (Wildman–Crippen LogP) is 2.47. The van der Waals surface area contributed by atoms with Crippen LogP contribution in [0.1, 0.15) is 11.4 Å². The molecule has 0 radical (unpaired) electrons. The number of aromatic amines is 1. The Morgan fingerprint density at radius 3 is 2.71 bits per heavy atom. The molecule has 3 heteroatoms. The molecule has 0 saturated heterocycles. The van der Waals surface area contributed by atoms with E-state index in [4.69, 9.17) is 0 Å². The van der Waals surface area contributed by atoms with E-state index in [0.717, 1.165) is 11.4 Å². The van der Waals surface area contributed by atoms with Gasteiger partial charge in [0.25, 0.3) is 0 Å². The fourth-order valence-electron chi connectivity index (χ4n) is 1.15. The van der Waals surface area contributed by atoms with Crippen molar-refractivity contribution in [1.82, 2.24) is 9.97 Å². The van der Waals surface area contributed by atoms with Crippen molar-refractivity contribution in [1.29, 1.82) is 0 Å². The van der Waals surface area contributed by atoms with Crippen molar-refractivity contribution < 1.29 is 0 Å². The van der Waals surface area contributed by atoms with Crippen molar-refractivity contribution >= 4 is 12.0 Å². The van der Waals surface area contributed by atoms with Gasteiger partial charge in [0.15, 0.2) is 5.82 Å². The number of aryl methyl sites for hydroxylation is 1. The van der Waals surface area contributed by atoms with Crippen LogP contribution >= 0.6 is 0 Å². The number of aliphatic imine (C=N–C) groups is 1. The molecule has 1 aromatic carbocycles. The molecule has 3 nitrogen and oxygen atoms in total. The van der Waals surface area contributed by atoms with Gasteiger partial charge in [-0.15, -0.1) is 0 Å². The van der Waals surface area contributed by atoms with Crippen molar-refractivity contribution in [3.63, 3.8) is 0 Å². The first-order valence-corrected chi connectivity index (χ1v) is 4.46. The molecule has 0 aliphatic rings. The number of hydrogen-bond acceptors (Lipinski definition) is 2. The summed E-state index contributed by atoms with van der Waals surface area (Å²) in [4.78, 5) is 11.4. The van der Waals surface area contributed by atoms with Gasteiger partial charge in [-0.25, -0.2) is 9.98 Å². The average molecular weight is 185 g/mol. The Morgan fingerprint density at radius 2 is 2.07 bits per heavy atom. The van der Waals surface area contributed by atoms with E-state index in [9.17, 15) is 0 Å². The molecule has 0 fully saturated rings. The van der Waals surface area contributed by atoms with Crippen LogP contribution in [0.2, 0.25) is 0 Å². The summed E-state index contributed by atoms with van der Waals surface area (Å²) in [6, 6.07) is 9.95. The number of imidazole rings is 1. The lowest BCUT2D eigenvalue weighted by Crippen LogP contribution is -1.77. The molecule has 1 aromatic heterocycles. The lowest BCUT2D eigenvalue weighted by Gasteiger charge is -1.88. The summed E-state index contributed by atoms with van der Waals surface area (Å²) in [6.07, 6.45) is 3.59. The molecule has 0 aliphatic heterocycles. The molecule has 0 amide bonds. The third kappa shape index (κ3) is 2.07. The van der Waals surface area contributed by atoms with Crippen molar-refractivity contribution in [3.05, 3.63) is 47.9 Å². The highest BCUT2D eigenvalue weighted by Crippen LogP contribution is 2.06. The van der Waals surface area contributed by atoms with E-state index in [1.54, 1.807) is 12.4 Å². The van der Waals surface area contributed by atoms with E-state index >= 15 is 0 Å². The summed E-state index contributed by atoms with van der Waals surface area (Å²) in [7, 11) is 0. The summed E-state index contributed by atoms with van der Waals surface area (Å²) in [6.45, 7) is 1.90. The molecule has 1 N–H and O–H groups in total. The fourth-order valence-corrected chi connectivity index (χ4v) is 1.15. The number of nitrogens with zero attached hydrogens (tertiary/aromatic N) is 2. The molecular weight excluding hydrogens is 174 g/mol. The van der Waals surface area contributed by atoms with Gasteiger partial charge in [0.05, 0.1) is 0 Å². The molecule has 2 rings (SSSR count). The zero-order valence-electron chi connectivity index (χ0n) is 7.94. The Kier molecular flexibility index (Phi) is 2.40. The van der Waals surface area contributed by atoms with Gasteiger partial charge in [-0.1, -0.05) is 30.3 Å². The fraction of sp³-hybridized carbons (Fsp3) is 0.0909. The van der Waals surface area contributed by atoms with Gasteiger partial charge in [0, 0.05) is 12.4 Å². The number of benzene rings is 1. The summed E-state index contributed by atoms with van der Waals surface area (Å²) < 4.78 is 0. The molecule has 0 spiro atoms. The highest BCUT2D eigenvalue weighted by molar-refractivity contribution is 5.81. The number of hydrogen-bond donors (Lipinski definition) is 1. The Morgan fingerprint density at radius 1 is 1.29 bits per heavy atom. The first kappa shape index (κ1) is 8.69. The molecule has 70 valence electrons. The van der Waals surface area contributed by atoms with Gasteiger partial charge in [-0.05, 0) is 12.5 Å². The highest BCUT2D eigenvalue weighted by Gasteiger charge is 1.92. The molecule has 0 atom stereocenters. The lowest BCUT2D eigenvalue weighted by atomic mass is 10.2. The summed E-state index contributed by atoms with van der Waals surface area (Å²) in [5.74, 6) is 1.59. The number of nitrogens with one attached hydrogen (secondary N) is 1. The van der Waals surface area contributed by atoms with E-state index in [-0.39, 0.29) is 0 Å². The van der Waals surface area contributed by atoms with E-state index in [0.29, 0.717) is 5.82 Å². The van der Waals surface area contributed by atoms with E-state index in [1.807, 2.05) is 37.3 Å². The van der Waals surface area contributed by atoms with E-state index < -0.39 is 0 Å². The van der Waals surface area contributed by atoms with Gasteiger partial charge in [0.2, 0.25) is 0 Å². The van der Waals surface area contributed by atoms with Crippen LogP contribution in [0.5, 0.6) is 0 Å². The van der Waals surface area contributed by atoms with Crippen molar-refractivity contribution in [2.24, 2.45) is 4.99 Å². The van der Waals surface area contributed by atoms with Crippen molar-refractivity contribution in [3.8, 4) is 0 Å². The lowest BCUT2D eigenvalue weighted by molar-refractivity contribution is 1.15. The normalized spacial score (nSPS) is 10.9. The van der Waals surface area contributed by atoms with Gasteiger partial charge >= 0.3 is 0 Å². The third-order valence-electron chi connectivity index (χ3n) is 1.84. The standard InChI is InChI=1S/C11H11N3/c1-9-12-8-11(14-9)13-7-10-5-3-2-4-6-10/h2-8H,1H3,(H,12,14). The quantitative estimate of drug-likeness (QED) is 0.717. The minimum atomic E-state index is 0.714. The van der Waals surface area contributed by atoms with Gasteiger partial charge in [-0.3, -0.25) is 0 Å². The van der Waals surface area contributed by atoms with Crippen LogP contribution in [0.25, 0.3) is 0 Å². The number of aromatic nitrogens is 2. The second-order valence-electron chi connectivity index (χ2n) is 3.01. The number of rotatable bonds is 2. The van der Waals surface area contributed by atoms with Crippen LogP contribution in [-0.2, 0) is 0 Å². The van der Waals surface area contributed by atoms with Crippen LogP contribution in [0.3, 0.4) is 0 Å². The molecule has 14 heavy (non-hydrogen) atoms. The van der Waals surface area contributed by atoms with Crippen LogP contribution in [-0.4, -0.2) is 16.2 Å². The Labute approximate surface area is 82.5 Å². The maximum atomic E-state index is 4.23. The van der Waals surface area contributed by atoms with E-state index in [1.165, 1.54) is 0 Å². The minimum Gasteiger partial charge on any atom is -0.347 e. The van der Waals surface area contributed by atoms with Gasteiger partial charge in [-0.2, -0.15) is 0 Å². The molecule has 0 saturated carbocycles. The Bertz CT molecular complexity index is 429. The zero-order valence-corrected chi connectivity index (χ0v) is 7.94. The summed E-state index contributed by atoms with van der Waals surface area (Å²) in [5, 5.41) is 0. The molecule has 0 aliphatic carbocycles. The minimum absolute atomic E-state index is 0.714. The largest absolute Gasteiger partial charge is 0.347 e. The second kappa shape index (κ2) is 3.87. The first-order chi connectivity index (χ1) is 6.84. The summed E-state index contributed by atoms with van der Waals surface area (Å²) >= 11 is 0. The predicted molar refractivity (Wildman–Crippen MR) is 57.0 cm³/mol. The smallest absolute Gasteiger partial charge is 0.170 e. The topological polar surface area (TPSA) is 41.0 Å². The SMILES string of the molecule is Cc1nc(N=Cc2ccccc2)c[nH]1. The Balaban J connectivity index is 2.15. The van der Waals surface area contributed by atoms with Gasteiger partial charge < -0.3 is 4.98 Å². The van der Waals surface area contributed by atoms with Crippen LogP contribution in [0.4, 0.5) is 5.82 Å². The van der Waals surface area contributed by atoms with Crippen molar-refractivity contribution in [2.75, 3.05) is 0 Å². The molecule has 0 unspecified atom stereocenters. The van der Waals surface area contributed by atoms with Crippen LogP contribution in [0.15, 0.2) is 41.5 Å².